The Morgan fingerprint density at radius 2 is 2.07 bits per heavy atom. The molecule has 0 amide bonds. The molecule has 0 saturated heterocycles. The second kappa shape index (κ2) is 4.17. The summed E-state index contributed by atoms with van der Waals surface area (Å²) in [7, 11) is 1.75. The molecule has 0 aromatic rings. The minimum absolute atomic E-state index is 0.102. The second-order valence-corrected chi connectivity index (χ2v) is 5.31. The van der Waals surface area contributed by atoms with Gasteiger partial charge in [-0.05, 0) is 42.6 Å². The molecule has 0 bridgehead atoms. The van der Waals surface area contributed by atoms with Gasteiger partial charge in [0.15, 0.2) is 0 Å². The number of hydrogen-bond donors (Lipinski definition) is 1. The number of ether oxygens (including phenoxy) is 1. The molecule has 1 fully saturated rings. The maximum atomic E-state index is 10.1. The van der Waals surface area contributed by atoms with Crippen molar-refractivity contribution in [2.45, 2.75) is 45.6 Å². The van der Waals surface area contributed by atoms with Crippen molar-refractivity contribution < 1.29 is 9.84 Å². The van der Waals surface area contributed by atoms with Crippen molar-refractivity contribution in [2.75, 3.05) is 7.11 Å². The molecule has 0 aromatic heterocycles. The first kappa shape index (κ1) is 11.0. The van der Waals surface area contributed by atoms with E-state index >= 15 is 0 Å². The smallest absolute Gasteiger partial charge is 0.0996 e. The number of rotatable bonds is 3. The Hall–Kier alpha value is -0.500. The van der Waals surface area contributed by atoms with E-state index in [9.17, 15) is 5.11 Å². The van der Waals surface area contributed by atoms with Crippen molar-refractivity contribution in [2.24, 2.45) is 17.8 Å². The van der Waals surface area contributed by atoms with Gasteiger partial charge >= 0.3 is 0 Å². The molecule has 0 heterocycles. The molecule has 2 rings (SSSR count). The van der Waals surface area contributed by atoms with Gasteiger partial charge in [0.25, 0.3) is 0 Å². The summed E-state index contributed by atoms with van der Waals surface area (Å²) in [5.74, 6) is 2.89. The largest absolute Gasteiger partial charge is 0.501 e. The molecular formula is C13H22O2. The molecule has 2 nitrogen and oxygen atoms in total. The Kier molecular flexibility index (Phi) is 3.06. The maximum absolute atomic E-state index is 10.1. The van der Waals surface area contributed by atoms with Gasteiger partial charge < -0.3 is 9.84 Å². The molecule has 3 atom stereocenters. The van der Waals surface area contributed by atoms with Gasteiger partial charge in [-0.2, -0.15) is 0 Å². The van der Waals surface area contributed by atoms with Crippen molar-refractivity contribution in [3.63, 3.8) is 0 Å². The van der Waals surface area contributed by atoms with E-state index in [1.165, 1.54) is 24.2 Å². The van der Waals surface area contributed by atoms with E-state index in [2.05, 4.69) is 13.8 Å². The third-order valence-corrected chi connectivity index (χ3v) is 4.05. The summed E-state index contributed by atoms with van der Waals surface area (Å²) in [5, 5.41) is 10.1. The van der Waals surface area contributed by atoms with Gasteiger partial charge in [-0.3, -0.25) is 0 Å². The molecule has 1 N–H and O–H groups in total. The Balaban J connectivity index is 1.92. The standard InChI is InChI=1S/C13H22O2/c1-8(2)10-5-4-9(6-12(10)14)11-7-13(11)15-3/h8-10,12,14H,4-7H2,1-3H3. The zero-order chi connectivity index (χ0) is 11.0. The monoisotopic (exact) mass is 210 g/mol. The highest BCUT2D eigenvalue weighted by atomic mass is 16.5. The van der Waals surface area contributed by atoms with Crippen LogP contribution >= 0.6 is 0 Å². The molecule has 0 spiro atoms. The molecular weight excluding hydrogens is 188 g/mol. The van der Waals surface area contributed by atoms with Crippen LogP contribution in [0.4, 0.5) is 0 Å². The van der Waals surface area contributed by atoms with Gasteiger partial charge in [0, 0.05) is 6.42 Å². The van der Waals surface area contributed by atoms with Crippen LogP contribution in [-0.2, 0) is 4.74 Å². The maximum Gasteiger partial charge on any atom is 0.0996 e. The van der Waals surface area contributed by atoms with Crippen molar-refractivity contribution >= 4 is 0 Å². The van der Waals surface area contributed by atoms with Crippen molar-refractivity contribution in [3.8, 4) is 0 Å². The van der Waals surface area contributed by atoms with E-state index in [4.69, 9.17) is 4.74 Å². The van der Waals surface area contributed by atoms with Gasteiger partial charge in [0.1, 0.15) is 0 Å². The number of aliphatic hydroxyl groups is 1. The van der Waals surface area contributed by atoms with E-state index in [1.807, 2.05) is 0 Å². The third kappa shape index (κ3) is 2.20. The fourth-order valence-corrected chi connectivity index (χ4v) is 2.97. The Morgan fingerprint density at radius 3 is 2.53 bits per heavy atom. The molecule has 0 radical (unpaired) electrons. The number of hydrogen-bond acceptors (Lipinski definition) is 2. The minimum atomic E-state index is -0.102. The molecule has 0 aliphatic heterocycles. The van der Waals surface area contributed by atoms with Gasteiger partial charge in [0.05, 0.1) is 19.0 Å². The molecule has 86 valence electrons. The quantitative estimate of drug-likeness (QED) is 0.776. The highest BCUT2D eigenvalue weighted by Crippen LogP contribution is 2.46. The van der Waals surface area contributed by atoms with E-state index in [1.54, 1.807) is 7.11 Å². The molecule has 15 heavy (non-hydrogen) atoms. The van der Waals surface area contributed by atoms with Crippen LogP contribution in [-0.4, -0.2) is 18.3 Å². The first-order chi connectivity index (χ1) is 7.13. The average molecular weight is 210 g/mol. The second-order valence-electron chi connectivity index (χ2n) is 5.31. The Morgan fingerprint density at radius 1 is 1.33 bits per heavy atom. The lowest BCUT2D eigenvalue weighted by atomic mass is 9.74. The van der Waals surface area contributed by atoms with Crippen molar-refractivity contribution in [1.29, 1.82) is 0 Å². The van der Waals surface area contributed by atoms with Crippen LogP contribution in [0.25, 0.3) is 0 Å². The van der Waals surface area contributed by atoms with Crippen LogP contribution in [0.5, 0.6) is 0 Å². The molecule has 2 heteroatoms. The predicted molar refractivity (Wildman–Crippen MR) is 60.3 cm³/mol. The Bertz CT molecular complexity index is 268. The molecule has 3 unspecified atom stereocenters. The fourth-order valence-electron chi connectivity index (χ4n) is 2.97. The van der Waals surface area contributed by atoms with Crippen molar-refractivity contribution in [1.82, 2.24) is 0 Å². The highest BCUT2D eigenvalue weighted by molar-refractivity contribution is 5.32. The number of allylic oxidation sites excluding steroid dienone is 2. The predicted octanol–water partition coefficient (Wildman–Crippen LogP) is 2.72. The average Bonchev–Trinajstić information content (AvgIpc) is 2.95. The lowest BCUT2D eigenvalue weighted by Crippen LogP contribution is -2.32. The Labute approximate surface area is 92.3 Å². The molecule has 0 aromatic carbocycles. The molecule has 2 aliphatic rings. The summed E-state index contributed by atoms with van der Waals surface area (Å²) >= 11 is 0. The summed E-state index contributed by atoms with van der Waals surface area (Å²) in [5.41, 5.74) is 1.47. The van der Waals surface area contributed by atoms with Crippen LogP contribution < -0.4 is 0 Å². The third-order valence-electron chi connectivity index (χ3n) is 4.05. The lowest BCUT2D eigenvalue weighted by Gasteiger charge is -2.34. The molecule has 1 saturated carbocycles. The zero-order valence-corrected chi connectivity index (χ0v) is 9.99. The fraction of sp³-hybridized carbons (Fsp3) is 0.846. The van der Waals surface area contributed by atoms with E-state index < -0.39 is 0 Å². The van der Waals surface area contributed by atoms with Gasteiger partial charge in [-0.25, -0.2) is 0 Å². The van der Waals surface area contributed by atoms with Gasteiger partial charge in [-0.15, -0.1) is 0 Å². The topological polar surface area (TPSA) is 29.5 Å². The summed E-state index contributed by atoms with van der Waals surface area (Å²) in [6.45, 7) is 4.43. The van der Waals surface area contributed by atoms with Crippen LogP contribution in [0, 0.1) is 17.8 Å². The van der Waals surface area contributed by atoms with Crippen LogP contribution in [0.15, 0.2) is 11.3 Å². The van der Waals surface area contributed by atoms with E-state index in [0.29, 0.717) is 17.8 Å². The SMILES string of the molecule is COC1=C(C2CCC(C(C)C)C(O)C2)C1. The zero-order valence-electron chi connectivity index (χ0n) is 9.99. The van der Waals surface area contributed by atoms with Crippen molar-refractivity contribution in [3.05, 3.63) is 11.3 Å². The number of aliphatic hydroxyl groups excluding tert-OH is 1. The van der Waals surface area contributed by atoms with E-state index in [0.717, 1.165) is 12.8 Å². The van der Waals surface area contributed by atoms with Gasteiger partial charge in [-0.1, -0.05) is 13.8 Å². The number of methoxy groups -OCH3 is 1. The summed E-state index contributed by atoms with van der Waals surface area (Å²) in [6, 6.07) is 0. The first-order valence-corrected chi connectivity index (χ1v) is 6.07. The van der Waals surface area contributed by atoms with E-state index in [-0.39, 0.29) is 6.10 Å². The first-order valence-electron chi connectivity index (χ1n) is 6.07. The highest BCUT2D eigenvalue weighted by Gasteiger charge is 2.37. The van der Waals surface area contributed by atoms with Crippen LogP contribution in [0.2, 0.25) is 0 Å². The summed E-state index contributed by atoms with van der Waals surface area (Å²) in [6.07, 6.45) is 4.31. The summed E-state index contributed by atoms with van der Waals surface area (Å²) < 4.78 is 5.23. The van der Waals surface area contributed by atoms with Gasteiger partial charge in [0.2, 0.25) is 0 Å². The summed E-state index contributed by atoms with van der Waals surface area (Å²) in [4.78, 5) is 0. The normalized spacial score (nSPS) is 35.9. The van der Waals surface area contributed by atoms with Crippen LogP contribution in [0.1, 0.15) is 39.5 Å². The minimum Gasteiger partial charge on any atom is -0.501 e. The lowest BCUT2D eigenvalue weighted by molar-refractivity contribution is 0.0303. The molecule has 2 aliphatic carbocycles. The van der Waals surface area contributed by atoms with Crippen LogP contribution in [0.3, 0.4) is 0 Å².